The molecule has 16 heavy (non-hydrogen) atoms. The van der Waals surface area contributed by atoms with E-state index in [1.54, 1.807) is 11.3 Å². The fourth-order valence-corrected chi connectivity index (χ4v) is 2.83. The SMILES string of the molecule is C[Si](C)(C)C#Cc1cc2c(Cl)ncnc2s1. The molecule has 0 amide bonds. The van der Waals surface area contributed by atoms with Gasteiger partial charge in [0.25, 0.3) is 0 Å². The van der Waals surface area contributed by atoms with E-state index >= 15 is 0 Å². The minimum absolute atomic E-state index is 0.502. The first-order chi connectivity index (χ1) is 7.46. The maximum absolute atomic E-state index is 5.98. The number of aromatic nitrogens is 2. The normalized spacial score (nSPS) is 11.2. The van der Waals surface area contributed by atoms with Gasteiger partial charge in [0.1, 0.15) is 24.4 Å². The molecule has 0 spiro atoms. The number of thiophene rings is 1. The summed E-state index contributed by atoms with van der Waals surface area (Å²) in [5.41, 5.74) is 3.33. The van der Waals surface area contributed by atoms with Gasteiger partial charge in [-0.05, 0) is 6.07 Å². The van der Waals surface area contributed by atoms with Crippen molar-refractivity contribution in [3.63, 3.8) is 0 Å². The van der Waals surface area contributed by atoms with Crippen LogP contribution in [0.4, 0.5) is 0 Å². The molecule has 2 nitrogen and oxygen atoms in total. The minimum atomic E-state index is -1.33. The number of hydrogen-bond donors (Lipinski definition) is 0. The topological polar surface area (TPSA) is 25.8 Å². The van der Waals surface area contributed by atoms with Gasteiger partial charge in [-0.25, -0.2) is 9.97 Å². The van der Waals surface area contributed by atoms with E-state index < -0.39 is 8.07 Å². The van der Waals surface area contributed by atoms with Gasteiger partial charge in [-0.1, -0.05) is 37.2 Å². The van der Waals surface area contributed by atoms with Gasteiger partial charge in [0, 0.05) is 0 Å². The smallest absolute Gasteiger partial charge is 0.141 e. The lowest BCUT2D eigenvalue weighted by Crippen LogP contribution is -2.16. The van der Waals surface area contributed by atoms with Crippen molar-refractivity contribution in [1.29, 1.82) is 0 Å². The Labute approximate surface area is 105 Å². The quantitative estimate of drug-likeness (QED) is 0.414. The van der Waals surface area contributed by atoms with Gasteiger partial charge < -0.3 is 0 Å². The molecule has 0 bridgehead atoms. The molecule has 0 saturated carbocycles. The van der Waals surface area contributed by atoms with Gasteiger partial charge in [-0.2, -0.15) is 0 Å². The molecule has 0 aromatic carbocycles. The number of rotatable bonds is 0. The van der Waals surface area contributed by atoms with Gasteiger partial charge in [-0.3, -0.25) is 0 Å². The van der Waals surface area contributed by atoms with E-state index in [2.05, 4.69) is 41.1 Å². The maximum Gasteiger partial charge on any atom is 0.141 e. The number of halogens is 1. The van der Waals surface area contributed by atoms with Crippen LogP contribution in [0.25, 0.3) is 10.2 Å². The van der Waals surface area contributed by atoms with Crippen LogP contribution in [0.5, 0.6) is 0 Å². The van der Waals surface area contributed by atoms with E-state index in [1.807, 2.05) is 6.07 Å². The van der Waals surface area contributed by atoms with Gasteiger partial charge in [-0.15, -0.1) is 16.9 Å². The Morgan fingerprint density at radius 3 is 2.69 bits per heavy atom. The summed E-state index contributed by atoms with van der Waals surface area (Å²) in [6.45, 7) is 6.67. The lowest BCUT2D eigenvalue weighted by atomic mass is 10.4. The Balaban J connectivity index is 2.47. The van der Waals surface area contributed by atoms with Crippen molar-refractivity contribution in [3.05, 3.63) is 22.4 Å². The fraction of sp³-hybridized carbons (Fsp3) is 0.273. The van der Waals surface area contributed by atoms with Crippen LogP contribution in [-0.4, -0.2) is 18.0 Å². The van der Waals surface area contributed by atoms with E-state index in [4.69, 9.17) is 11.6 Å². The first-order valence-electron chi connectivity index (χ1n) is 4.89. The van der Waals surface area contributed by atoms with Crippen molar-refractivity contribution in [2.24, 2.45) is 0 Å². The molecule has 5 heteroatoms. The highest BCUT2D eigenvalue weighted by Gasteiger charge is 2.09. The first kappa shape index (κ1) is 11.6. The Hall–Kier alpha value is -0.893. The maximum atomic E-state index is 5.98. The monoisotopic (exact) mass is 266 g/mol. The predicted octanol–water partition coefficient (Wildman–Crippen LogP) is 3.57. The first-order valence-corrected chi connectivity index (χ1v) is 9.58. The summed E-state index contributed by atoms with van der Waals surface area (Å²) < 4.78 is 0. The Morgan fingerprint density at radius 1 is 1.31 bits per heavy atom. The van der Waals surface area contributed by atoms with Crippen LogP contribution >= 0.6 is 22.9 Å². The van der Waals surface area contributed by atoms with Crippen molar-refractivity contribution in [3.8, 4) is 11.5 Å². The van der Waals surface area contributed by atoms with Crippen LogP contribution in [0.15, 0.2) is 12.4 Å². The molecule has 0 radical (unpaired) electrons. The highest BCUT2D eigenvalue weighted by molar-refractivity contribution is 7.19. The number of nitrogens with zero attached hydrogens (tertiary/aromatic N) is 2. The molecular formula is C11H11ClN2SSi. The molecule has 2 aromatic rings. The Morgan fingerprint density at radius 2 is 2.06 bits per heavy atom. The summed E-state index contributed by atoms with van der Waals surface area (Å²) in [5.74, 6) is 3.21. The predicted molar refractivity (Wildman–Crippen MR) is 72.6 cm³/mol. The lowest BCUT2D eigenvalue weighted by Gasteiger charge is -2.02. The van der Waals surface area contributed by atoms with Gasteiger partial charge in [0.2, 0.25) is 0 Å². The third kappa shape index (κ3) is 2.61. The second-order valence-electron chi connectivity index (χ2n) is 4.49. The molecule has 2 rings (SSSR count). The largest absolute Gasteiger partial charge is 0.225 e. The van der Waals surface area contributed by atoms with Crippen LogP contribution in [0.1, 0.15) is 4.88 Å². The van der Waals surface area contributed by atoms with Crippen LogP contribution < -0.4 is 0 Å². The van der Waals surface area contributed by atoms with Gasteiger partial charge in [0.05, 0.1) is 10.3 Å². The zero-order valence-corrected chi connectivity index (χ0v) is 11.9. The molecule has 0 fully saturated rings. The third-order valence-electron chi connectivity index (χ3n) is 1.84. The van der Waals surface area contributed by atoms with Crippen molar-refractivity contribution < 1.29 is 0 Å². The molecule has 0 aliphatic carbocycles. The summed E-state index contributed by atoms with van der Waals surface area (Å²) in [6, 6.07) is 1.97. The molecule has 2 aromatic heterocycles. The summed E-state index contributed by atoms with van der Waals surface area (Å²) in [7, 11) is -1.33. The van der Waals surface area contributed by atoms with E-state index in [-0.39, 0.29) is 0 Å². The van der Waals surface area contributed by atoms with E-state index in [9.17, 15) is 0 Å². The molecule has 0 atom stereocenters. The van der Waals surface area contributed by atoms with Crippen molar-refractivity contribution in [2.45, 2.75) is 19.6 Å². The molecule has 0 aliphatic rings. The highest BCUT2D eigenvalue weighted by Crippen LogP contribution is 2.27. The second-order valence-corrected chi connectivity index (χ2v) is 10.6. The van der Waals surface area contributed by atoms with Crippen LogP contribution in [0.2, 0.25) is 24.8 Å². The minimum Gasteiger partial charge on any atom is -0.225 e. The van der Waals surface area contributed by atoms with Crippen molar-refractivity contribution in [1.82, 2.24) is 9.97 Å². The Bertz CT molecular complexity index is 589. The van der Waals surface area contributed by atoms with Crippen molar-refractivity contribution >= 4 is 41.2 Å². The zero-order chi connectivity index (χ0) is 11.8. The van der Waals surface area contributed by atoms with E-state index in [1.165, 1.54) is 6.33 Å². The summed E-state index contributed by atoms with van der Waals surface area (Å²) in [5, 5.41) is 1.40. The summed E-state index contributed by atoms with van der Waals surface area (Å²) in [6.07, 6.45) is 1.48. The lowest BCUT2D eigenvalue weighted by molar-refractivity contribution is 1.23. The average molecular weight is 267 g/mol. The zero-order valence-electron chi connectivity index (χ0n) is 9.34. The Kier molecular flexibility index (Phi) is 3.02. The van der Waals surface area contributed by atoms with Gasteiger partial charge >= 0.3 is 0 Å². The third-order valence-corrected chi connectivity index (χ3v) is 3.98. The highest BCUT2D eigenvalue weighted by atomic mass is 35.5. The van der Waals surface area contributed by atoms with Crippen LogP contribution in [0, 0.1) is 11.5 Å². The van der Waals surface area contributed by atoms with Crippen LogP contribution in [0.3, 0.4) is 0 Å². The average Bonchev–Trinajstić information content (AvgIpc) is 2.58. The standard InChI is InChI=1S/C11H11ClN2SSi/c1-16(2,3)5-4-8-6-9-10(12)13-7-14-11(9)15-8/h6-7H,1-3H3. The molecule has 2 heterocycles. The summed E-state index contributed by atoms with van der Waals surface area (Å²) >= 11 is 7.54. The molecule has 0 N–H and O–H groups in total. The summed E-state index contributed by atoms with van der Waals surface area (Å²) in [4.78, 5) is 10.0. The van der Waals surface area contributed by atoms with Gasteiger partial charge in [0.15, 0.2) is 0 Å². The molecule has 0 aliphatic heterocycles. The second kappa shape index (κ2) is 4.17. The molecule has 0 unspecified atom stereocenters. The number of fused-ring (bicyclic) bond motifs is 1. The van der Waals surface area contributed by atoms with Crippen molar-refractivity contribution in [2.75, 3.05) is 0 Å². The van der Waals surface area contributed by atoms with E-state index in [0.717, 1.165) is 15.1 Å². The molecular weight excluding hydrogens is 256 g/mol. The fourth-order valence-electron chi connectivity index (χ4n) is 1.14. The number of hydrogen-bond acceptors (Lipinski definition) is 3. The molecule has 0 saturated heterocycles. The van der Waals surface area contributed by atoms with Crippen LogP contribution in [-0.2, 0) is 0 Å². The van der Waals surface area contributed by atoms with E-state index in [0.29, 0.717) is 5.15 Å². The molecule has 82 valence electrons.